The molecule has 1 heteroatoms. The van der Waals surface area contributed by atoms with Crippen LogP contribution in [-0.4, -0.2) is 11.2 Å². The molecule has 0 bridgehead atoms. The van der Waals surface area contributed by atoms with Gasteiger partial charge in [-0.05, 0) is 97.7 Å². The van der Waals surface area contributed by atoms with Crippen molar-refractivity contribution in [2.24, 2.45) is 46.3 Å². The molecule has 0 aliphatic heterocycles. The van der Waals surface area contributed by atoms with Gasteiger partial charge in [0.25, 0.3) is 0 Å². The monoisotopic (exact) mass is 410 g/mol. The lowest BCUT2D eigenvalue weighted by Crippen LogP contribution is -2.46. The molecule has 0 aromatic heterocycles. The second-order valence-electron chi connectivity index (χ2n) is 12.1. The molecular formula is C29H46O. The minimum absolute atomic E-state index is 0.116. The number of rotatable bonds is 5. The normalized spacial score (nSPS) is 42.9. The van der Waals surface area contributed by atoms with Crippen molar-refractivity contribution in [1.82, 2.24) is 0 Å². The molecule has 8 atom stereocenters. The van der Waals surface area contributed by atoms with Crippen molar-refractivity contribution >= 4 is 0 Å². The van der Waals surface area contributed by atoms with Crippen LogP contribution in [0.25, 0.3) is 0 Å². The van der Waals surface area contributed by atoms with Crippen LogP contribution in [0.3, 0.4) is 0 Å². The van der Waals surface area contributed by atoms with Crippen LogP contribution < -0.4 is 0 Å². The van der Waals surface area contributed by atoms with Crippen molar-refractivity contribution in [3.63, 3.8) is 0 Å². The highest BCUT2D eigenvalue weighted by molar-refractivity contribution is 5.39. The van der Waals surface area contributed by atoms with Gasteiger partial charge in [-0.25, -0.2) is 0 Å². The quantitative estimate of drug-likeness (QED) is 0.460. The van der Waals surface area contributed by atoms with E-state index in [-0.39, 0.29) is 6.10 Å². The van der Waals surface area contributed by atoms with Gasteiger partial charge in [-0.15, -0.1) is 0 Å². The molecule has 0 unspecified atom stereocenters. The number of hydrogen-bond acceptors (Lipinski definition) is 1. The van der Waals surface area contributed by atoms with Crippen LogP contribution in [0.2, 0.25) is 0 Å². The molecule has 4 aliphatic carbocycles. The first kappa shape index (κ1) is 22.4. The van der Waals surface area contributed by atoms with E-state index < -0.39 is 0 Å². The molecule has 0 saturated heterocycles. The van der Waals surface area contributed by atoms with Crippen molar-refractivity contribution in [1.29, 1.82) is 0 Å². The molecular weight excluding hydrogens is 364 g/mol. The van der Waals surface area contributed by atoms with Crippen LogP contribution in [0.1, 0.15) is 92.9 Å². The summed E-state index contributed by atoms with van der Waals surface area (Å²) < 4.78 is 0. The van der Waals surface area contributed by atoms with E-state index in [1.54, 1.807) is 5.57 Å². The van der Waals surface area contributed by atoms with Crippen molar-refractivity contribution < 1.29 is 5.11 Å². The Hall–Kier alpha value is -0.820. The molecule has 0 radical (unpaired) electrons. The smallest absolute Gasteiger partial charge is 0.0578 e. The maximum atomic E-state index is 10.2. The molecule has 0 heterocycles. The Morgan fingerprint density at radius 2 is 1.77 bits per heavy atom. The van der Waals surface area contributed by atoms with Gasteiger partial charge in [-0.2, -0.15) is 0 Å². The van der Waals surface area contributed by atoms with Gasteiger partial charge in [0.1, 0.15) is 0 Å². The first-order valence-corrected chi connectivity index (χ1v) is 13.0. The Labute approximate surface area is 186 Å². The molecule has 0 aromatic rings. The molecule has 168 valence electrons. The Morgan fingerprint density at radius 3 is 2.47 bits per heavy atom. The SMILES string of the molecule is CC[C@H](/C=C/[C@H](C)[C@@H]1CC[C@@H]2C3=CC=C4C[C@H](O)CC[C@]4(C)[C@@H]3CC[C@]21C)C(C)C. The summed E-state index contributed by atoms with van der Waals surface area (Å²) in [6.45, 7) is 14.7. The fraction of sp³-hybridized carbons (Fsp3) is 0.793. The molecule has 0 aromatic carbocycles. The maximum absolute atomic E-state index is 10.2. The first-order valence-electron chi connectivity index (χ1n) is 13.0. The molecule has 4 rings (SSSR count). The zero-order valence-electron chi connectivity index (χ0n) is 20.5. The fourth-order valence-corrected chi connectivity index (χ4v) is 8.17. The summed E-state index contributed by atoms with van der Waals surface area (Å²) in [5, 5.41) is 10.2. The number of hydrogen-bond donors (Lipinski definition) is 1. The van der Waals surface area contributed by atoms with Crippen LogP contribution in [0.5, 0.6) is 0 Å². The van der Waals surface area contributed by atoms with Crippen molar-refractivity contribution in [3.05, 3.63) is 35.5 Å². The second kappa shape index (κ2) is 8.27. The van der Waals surface area contributed by atoms with E-state index in [4.69, 9.17) is 0 Å². The third-order valence-electron chi connectivity index (χ3n) is 10.2. The van der Waals surface area contributed by atoms with Gasteiger partial charge in [0, 0.05) is 0 Å². The van der Waals surface area contributed by atoms with Crippen LogP contribution in [0.15, 0.2) is 35.5 Å². The molecule has 30 heavy (non-hydrogen) atoms. The minimum Gasteiger partial charge on any atom is -0.393 e. The van der Waals surface area contributed by atoms with E-state index in [0.717, 1.165) is 42.4 Å². The van der Waals surface area contributed by atoms with Crippen molar-refractivity contribution in [3.8, 4) is 0 Å². The molecule has 3 saturated carbocycles. The van der Waals surface area contributed by atoms with E-state index in [0.29, 0.717) is 16.7 Å². The predicted molar refractivity (Wildman–Crippen MR) is 128 cm³/mol. The molecule has 0 spiro atoms. The van der Waals surface area contributed by atoms with Crippen LogP contribution in [-0.2, 0) is 0 Å². The zero-order valence-corrected chi connectivity index (χ0v) is 20.5. The zero-order chi connectivity index (χ0) is 21.7. The van der Waals surface area contributed by atoms with Gasteiger partial charge >= 0.3 is 0 Å². The van der Waals surface area contributed by atoms with Crippen LogP contribution in [0.4, 0.5) is 0 Å². The summed E-state index contributed by atoms with van der Waals surface area (Å²) in [6.07, 6.45) is 19.7. The third-order valence-corrected chi connectivity index (χ3v) is 10.2. The first-order chi connectivity index (χ1) is 14.2. The highest BCUT2D eigenvalue weighted by Gasteiger charge is 2.56. The summed E-state index contributed by atoms with van der Waals surface area (Å²) in [5.74, 6) is 4.45. The van der Waals surface area contributed by atoms with Crippen LogP contribution >= 0.6 is 0 Å². The van der Waals surface area contributed by atoms with Gasteiger partial charge in [-0.1, -0.05) is 77.0 Å². The summed E-state index contributed by atoms with van der Waals surface area (Å²) >= 11 is 0. The topological polar surface area (TPSA) is 20.2 Å². The Kier molecular flexibility index (Phi) is 6.17. The Morgan fingerprint density at radius 1 is 1.00 bits per heavy atom. The van der Waals surface area contributed by atoms with Crippen molar-refractivity contribution in [2.45, 2.75) is 99.0 Å². The lowest BCUT2D eigenvalue weighted by atomic mass is 9.50. The van der Waals surface area contributed by atoms with E-state index in [1.165, 1.54) is 44.1 Å². The van der Waals surface area contributed by atoms with Gasteiger partial charge in [0.15, 0.2) is 0 Å². The average Bonchev–Trinajstić information content (AvgIpc) is 3.06. The van der Waals surface area contributed by atoms with Gasteiger partial charge in [0.05, 0.1) is 6.10 Å². The number of aliphatic hydroxyl groups excluding tert-OH is 1. The lowest BCUT2D eigenvalue weighted by molar-refractivity contribution is 0.0382. The standard InChI is InChI=1S/C29H46O/c1-7-21(19(2)3)9-8-20(4)25-12-13-26-24-11-10-22-18-23(30)14-16-28(22,5)27(24)15-17-29(25,26)6/h8-11,19-21,23,25-27,30H,7,12-18H2,1-6H3/b9-8+/t20-,21+,23+,25-,26+,27+,28-,29-/m0/s1. The van der Waals surface area contributed by atoms with Gasteiger partial charge in [0.2, 0.25) is 0 Å². The average molecular weight is 411 g/mol. The minimum atomic E-state index is -0.116. The van der Waals surface area contributed by atoms with E-state index >= 15 is 0 Å². The lowest BCUT2D eigenvalue weighted by Gasteiger charge is -2.55. The second-order valence-corrected chi connectivity index (χ2v) is 12.1. The molecule has 3 fully saturated rings. The fourth-order valence-electron chi connectivity index (χ4n) is 8.17. The predicted octanol–water partition coefficient (Wildman–Crippen LogP) is 7.72. The maximum Gasteiger partial charge on any atom is 0.0578 e. The highest BCUT2D eigenvalue weighted by Crippen LogP contribution is 2.66. The van der Waals surface area contributed by atoms with E-state index in [9.17, 15) is 5.11 Å². The van der Waals surface area contributed by atoms with Crippen molar-refractivity contribution in [2.75, 3.05) is 0 Å². The summed E-state index contributed by atoms with van der Waals surface area (Å²) in [6, 6.07) is 0. The molecule has 1 nitrogen and oxygen atoms in total. The van der Waals surface area contributed by atoms with Gasteiger partial charge in [-0.3, -0.25) is 0 Å². The van der Waals surface area contributed by atoms with E-state index in [1.807, 2.05) is 0 Å². The van der Waals surface area contributed by atoms with E-state index in [2.05, 4.69) is 65.8 Å². The number of aliphatic hydroxyl groups is 1. The third kappa shape index (κ3) is 3.58. The Balaban J connectivity index is 1.56. The Bertz CT molecular complexity index is 727. The number of allylic oxidation sites excluding steroid dienone is 5. The highest BCUT2D eigenvalue weighted by atomic mass is 16.3. The van der Waals surface area contributed by atoms with Gasteiger partial charge < -0.3 is 5.11 Å². The molecule has 1 N–H and O–H groups in total. The molecule has 4 aliphatic rings. The van der Waals surface area contributed by atoms with Crippen LogP contribution in [0, 0.1) is 46.3 Å². The summed E-state index contributed by atoms with van der Waals surface area (Å²) in [7, 11) is 0. The number of fused-ring (bicyclic) bond motifs is 5. The molecule has 0 amide bonds. The summed E-state index contributed by atoms with van der Waals surface area (Å²) in [5.41, 5.74) is 4.07. The summed E-state index contributed by atoms with van der Waals surface area (Å²) in [4.78, 5) is 0. The largest absolute Gasteiger partial charge is 0.393 e.